The zero-order valence-electron chi connectivity index (χ0n) is 10.5. The first-order valence-electron chi connectivity index (χ1n) is 6.06. The lowest BCUT2D eigenvalue weighted by Gasteiger charge is -2.17. The highest BCUT2D eigenvalue weighted by atomic mass is 16.5. The molecule has 0 saturated heterocycles. The Morgan fingerprint density at radius 3 is 2.50 bits per heavy atom. The van der Waals surface area contributed by atoms with Crippen LogP contribution in [-0.2, 0) is 9.47 Å². The van der Waals surface area contributed by atoms with Crippen LogP contribution in [0.1, 0.15) is 19.3 Å². The summed E-state index contributed by atoms with van der Waals surface area (Å²) >= 11 is 0. The number of nitrogens with two attached hydrogens (primary N) is 1. The quantitative estimate of drug-likeness (QED) is 0.703. The smallest absolute Gasteiger partial charge is 0.141 e. The summed E-state index contributed by atoms with van der Waals surface area (Å²) < 4.78 is 11.1. The van der Waals surface area contributed by atoms with E-state index in [0.29, 0.717) is 12.5 Å². The Kier molecular flexibility index (Phi) is 6.34. The van der Waals surface area contributed by atoms with Crippen molar-refractivity contribution in [2.75, 3.05) is 13.2 Å². The predicted molar refractivity (Wildman–Crippen MR) is 71.3 cm³/mol. The van der Waals surface area contributed by atoms with E-state index >= 15 is 0 Å². The van der Waals surface area contributed by atoms with E-state index in [0.717, 1.165) is 19.3 Å². The fourth-order valence-corrected chi connectivity index (χ4v) is 1.88. The Morgan fingerprint density at radius 1 is 1.17 bits per heavy atom. The summed E-state index contributed by atoms with van der Waals surface area (Å²) in [5.41, 5.74) is 5.54. The molecule has 3 nitrogen and oxygen atoms in total. The lowest BCUT2D eigenvalue weighted by molar-refractivity contribution is -0.0199. The zero-order chi connectivity index (χ0) is 13.4. The van der Waals surface area contributed by atoms with Gasteiger partial charge in [-0.3, -0.25) is 0 Å². The van der Waals surface area contributed by atoms with Crippen molar-refractivity contribution in [2.45, 2.75) is 37.5 Å². The van der Waals surface area contributed by atoms with Crippen molar-refractivity contribution in [3.63, 3.8) is 0 Å². The molecule has 1 aliphatic carbocycles. The Morgan fingerprint density at radius 2 is 1.94 bits per heavy atom. The summed E-state index contributed by atoms with van der Waals surface area (Å²) in [6.45, 7) is 0.599. The largest absolute Gasteiger partial charge is 0.374 e. The minimum Gasteiger partial charge on any atom is -0.374 e. The second kappa shape index (κ2) is 7.80. The van der Waals surface area contributed by atoms with Gasteiger partial charge >= 0.3 is 0 Å². The maximum Gasteiger partial charge on any atom is 0.141 e. The maximum absolute atomic E-state index is 5.70. The average Bonchev–Trinajstić information content (AvgIpc) is 2.86. The highest BCUT2D eigenvalue weighted by Gasteiger charge is 2.24. The molecule has 0 radical (unpaired) electrons. The van der Waals surface area contributed by atoms with Gasteiger partial charge in [-0.15, -0.1) is 25.2 Å². The number of ether oxygens (including phenoxy) is 2. The highest BCUT2D eigenvalue weighted by Crippen LogP contribution is 2.27. The molecule has 0 bridgehead atoms. The summed E-state index contributed by atoms with van der Waals surface area (Å²) in [5.74, 6) is 7.98. The molecule has 0 aromatic heterocycles. The van der Waals surface area contributed by atoms with Gasteiger partial charge in [-0.25, -0.2) is 0 Å². The van der Waals surface area contributed by atoms with E-state index in [9.17, 15) is 0 Å². The molecule has 0 spiro atoms. The maximum atomic E-state index is 5.70. The first-order valence-corrected chi connectivity index (χ1v) is 6.06. The van der Waals surface area contributed by atoms with Crippen molar-refractivity contribution in [3.8, 4) is 37.0 Å². The molecule has 1 saturated carbocycles. The second-order valence-corrected chi connectivity index (χ2v) is 4.39. The molecule has 1 fully saturated rings. The molecule has 0 amide bonds. The number of hydrogen-bond acceptors (Lipinski definition) is 3. The lowest BCUT2D eigenvalue weighted by atomic mass is 10.1. The fourth-order valence-electron chi connectivity index (χ4n) is 1.88. The van der Waals surface area contributed by atoms with Crippen LogP contribution in [0.4, 0.5) is 0 Å². The Labute approximate surface area is 109 Å². The van der Waals surface area contributed by atoms with Crippen LogP contribution in [0, 0.1) is 42.9 Å². The average molecular weight is 245 g/mol. The van der Waals surface area contributed by atoms with E-state index < -0.39 is 12.1 Å². The standard InChI is InChI=1S/C15H19NO2/c1-4-12-7-8-15(9-12)18-11-14(6-3)17-10-13(16)5-2/h1-3,12-15H,7-11,16H2. The normalized spacial score (nSPS) is 25.7. The van der Waals surface area contributed by atoms with Gasteiger partial charge in [-0.2, -0.15) is 0 Å². The molecule has 4 unspecified atom stereocenters. The SMILES string of the molecule is C#CC(N)COC(C#C)COC1CCC(C#C)C1. The molecule has 18 heavy (non-hydrogen) atoms. The van der Waals surface area contributed by atoms with E-state index in [2.05, 4.69) is 17.8 Å². The number of rotatable bonds is 6. The van der Waals surface area contributed by atoms with Crippen molar-refractivity contribution in [1.82, 2.24) is 0 Å². The lowest BCUT2D eigenvalue weighted by Crippen LogP contribution is -2.30. The minimum absolute atomic E-state index is 0.187. The number of hydrogen-bond donors (Lipinski definition) is 1. The van der Waals surface area contributed by atoms with E-state index in [1.807, 2.05) is 0 Å². The molecule has 4 atom stereocenters. The van der Waals surface area contributed by atoms with Gasteiger partial charge in [0, 0.05) is 5.92 Å². The summed E-state index contributed by atoms with van der Waals surface area (Å²) in [7, 11) is 0. The molecular formula is C15H19NO2. The summed E-state index contributed by atoms with van der Waals surface area (Å²) in [6, 6.07) is -0.432. The highest BCUT2D eigenvalue weighted by molar-refractivity contribution is 5.00. The van der Waals surface area contributed by atoms with Crippen LogP contribution in [0.25, 0.3) is 0 Å². The van der Waals surface area contributed by atoms with Crippen LogP contribution in [0.3, 0.4) is 0 Å². The second-order valence-electron chi connectivity index (χ2n) is 4.39. The third-order valence-electron chi connectivity index (χ3n) is 2.98. The zero-order valence-corrected chi connectivity index (χ0v) is 10.5. The molecule has 0 aliphatic heterocycles. The van der Waals surface area contributed by atoms with E-state index in [1.54, 1.807) is 0 Å². The molecule has 96 valence electrons. The van der Waals surface area contributed by atoms with Crippen molar-refractivity contribution >= 4 is 0 Å². The summed E-state index contributed by atoms with van der Waals surface area (Å²) in [6.07, 6.45) is 18.6. The van der Waals surface area contributed by atoms with Crippen molar-refractivity contribution in [3.05, 3.63) is 0 Å². The first kappa shape index (κ1) is 14.6. The molecule has 1 aliphatic rings. The Balaban J connectivity index is 2.23. The van der Waals surface area contributed by atoms with E-state index in [-0.39, 0.29) is 12.7 Å². The minimum atomic E-state index is -0.432. The van der Waals surface area contributed by atoms with Gasteiger partial charge in [0.2, 0.25) is 0 Å². The van der Waals surface area contributed by atoms with Crippen LogP contribution in [0.5, 0.6) is 0 Å². The van der Waals surface area contributed by atoms with Crippen LogP contribution in [0.15, 0.2) is 0 Å². The molecule has 2 N–H and O–H groups in total. The summed E-state index contributed by atoms with van der Waals surface area (Å²) in [4.78, 5) is 0. The van der Waals surface area contributed by atoms with Gasteiger partial charge in [0.15, 0.2) is 0 Å². The van der Waals surface area contributed by atoms with E-state index in [4.69, 9.17) is 34.5 Å². The van der Waals surface area contributed by atoms with Crippen molar-refractivity contribution in [2.24, 2.45) is 11.7 Å². The topological polar surface area (TPSA) is 44.5 Å². The van der Waals surface area contributed by atoms with Crippen LogP contribution in [-0.4, -0.2) is 31.5 Å². The summed E-state index contributed by atoms with van der Waals surface area (Å²) in [5, 5.41) is 0. The third kappa shape index (κ3) is 4.82. The molecular weight excluding hydrogens is 226 g/mol. The van der Waals surface area contributed by atoms with Crippen molar-refractivity contribution in [1.29, 1.82) is 0 Å². The van der Waals surface area contributed by atoms with Gasteiger partial charge in [0.25, 0.3) is 0 Å². The predicted octanol–water partition coefficient (Wildman–Crippen LogP) is 0.784. The molecule has 0 aromatic carbocycles. The monoisotopic (exact) mass is 245 g/mol. The molecule has 0 aromatic rings. The first-order chi connectivity index (χ1) is 8.69. The number of terminal acetylenes is 3. The third-order valence-corrected chi connectivity index (χ3v) is 2.98. The van der Waals surface area contributed by atoms with Crippen molar-refractivity contribution < 1.29 is 9.47 Å². The van der Waals surface area contributed by atoms with Gasteiger partial charge < -0.3 is 15.2 Å². The Bertz CT molecular complexity index is 371. The van der Waals surface area contributed by atoms with Gasteiger partial charge in [-0.1, -0.05) is 11.8 Å². The molecule has 0 heterocycles. The van der Waals surface area contributed by atoms with Gasteiger partial charge in [0.05, 0.1) is 25.4 Å². The Hall–Kier alpha value is -1.44. The van der Waals surface area contributed by atoms with Crippen LogP contribution < -0.4 is 5.73 Å². The van der Waals surface area contributed by atoms with Gasteiger partial charge in [-0.05, 0) is 19.3 Å². The molecule has 3 heteroatoms. The molecule has 1 rings (SSSR count). The van der Waals surface area contributed by atoms with Gasteiger partial charge in [0.1, 0.15) is 6.10 Å². The fraction of sp³-hybridized carbons (Fsp3) is 0.600. The van der Waals surface area contributed by atoms with E-state index in [1.165, 1.54) is 0 Å². The van der Waals surface area contributed by atoms with Crippen LogP contribution in [0.2, 0.25) is 0 Å². The van der Waals surface area contributed by atoms with Crippen LogP contribution >= 0.6 is 0 Å².